The second-order valence-corrected chi connectivity index (χ2v) is 7.46. The van der Waals surface area contributed by atoms with Gasteiger partial charge >= 0.3 is 6.09 Å². The fourth-order valence-electron chi connectivity index (χ4n) is 3.95. The minimum absolute atomic E-state index is 0.166. The lowest BCUT2D eigenvalue weighted by molar-refractivity contribution is 0.0344. The van der Waals surface area contributed by atoms with Gasteiger partial charge in [0.2, 0.25) is 0 Å². The molecule has 7 heteroatoms. The molecule has 1 aromatic heterocycles. The lowest BCUT2D eigenvalue weighted by Crippen LogP contribution is -2.50. The predicted molar refractivity (Wildman–Crippen MR) is 88.9 cm³/mol. The number of hydrogen-bond acceptors (Lipinski definition) is 5. The monoisotopic (exact) mass is 339 g/mol. The van der Waals surface area contributed by atoms with Crippen molar-refractivity contribution in [2.75, 3.05) is 32.8 Å². The quantitative estimate of drug-likeness (QED) is 0.878. The first kappa shape index (κ1) is 16.7. The van der Waals surface area contributed by atoms with E-state index in [9.17, 15) is 9.90 Å². The number of aliphatic hydroxyl groups excluding tert-OH is 1. The number of piperidine rings is 2. The van der Waals surface area contributed by atoms with Gasteiger partial charge in [0.15, 0.2) is 0 Å². The van der Waals surface area contributed by atoms with Crippen molar-refractivity contribution < 1.29 is 15.0 Å². The minimum Gasteiger partial charge on any atom is -0.465 e. The van der Waals surface area contributed by atoms with Crippen LogP contribution in [0.3, 0.4) is 0 Å². The molecule has 1 unspecified atom stereocenters. The number of nitrogens with zero attached hydrogens (tertiary/aromatic N) is 3. The lowest BCUT2D eigenvalue weighted by atomic mass is 9.86. The summed E-state index contributed by atoms with van der Waals surface area (Å²) >= 11 is 1.74. The highest BCUT2D eigenvalue weighted by Crippen LogP contribution is 2.32. The predicted octanol–water partition coefficient (Wildman–Crippen LogP) is 2.07. The number of thiazole rings is 1. The van der Waals surface area contributed by atoms with Crippen molar-refractivity contribution >= 4 is 17.4 Å². The van der Waals surface area contributed by atoms with E-state index in [0.717, 1.165) is 38.8 Å². The molecule has 2 aliphatic rings. The minimum atomic E-state index is -0.826. The summed E-state index contributed by atoms with van der Waals surface area (Å²) in [5, 5.41) is 22.2. The maximum Gasteiger partial charge on any atom is 0.407 e. The SMILES string of the molecule is O=C(O)N1CCC(C(CO)N2CCC(c3nccs3)CC2)CC1. The molecular weight excluding hydrogens is 314 g/mol. The van der Waals surface area contributed by atoms with Crippen LogP contribution >= 0.6 is 11.3 Å². The zero-order valence-electron chi connectivity index (χ0n) is 13.3. The number of rotatable bonds is 4. The molecule has 128 valence electrons. The van der Waals surface area contributed by atoms with Crippen molar-refractivity contribution in [1.82, 2.24) is 14.8 Å². The normalized spacial score (nSPS) is 23.1. The maximum atomic E-state index is 11.0. The topological polar surface area (TPSA) is 76.9 Å². The third-order valence-electron chi connectivity index (χ3n) is 5.34. The highest BCUT2D eigenvalue weighted by atomic mass is 32.1. The third-order valence-corrected chi connectivity index (χ3v) is 6.28. The Kier molecular flexibility index (Phi) is 5.50. The fourth-order valence-corrected chi connectivity index (χ4v) is 4.76. The highest BCUT2D eigenvalue weighted by molar-refractivity contribution is 7.09. The first-order valence-electron chi connectivity index (χ1n) is 8.41. The molecule has 2 N–H and O–H groups in total. The summed E-state index contributed by atoms with van der Waals surface area (Å²) in [6, 6.07) is 0.170. The van der Waals surface area contributed by atoms with Gasteiger partial charge in [-0.3, -0.25) is 4.90 Å². The summed E-state index contributed by atoms with van der Waals surface area (Å²) in [5.41, 5.74) is 0. The van der Waals surface area contributed by atoms with E-state index >= 15 is 0 Å². The van der Waals surface area contributed by atoms with Crippen LogP contribution in [0, 0.1) is 5.92 Å². The molecule has 0 radical (unpaired) electrons. The molecule has 0 aliphatic carbocycles. The van der Waals surface area contributed by atoms with E-state index in [1.54, 1.807) is 11.3 Å². The van der Waals surface area contributed by atoms with Gasteiger partial charge in [0.25, 0.3) is 0 Å². The number of amides is 1. The summed E-state index contributed by atoms with van der Waals surface area (Å²) in [6.07, 6.45) is 4.94. The van der Waals surface area contributed by atoms with E-state index in [-0.39, 0.29) is 12.6 Å². The summed E-state index contributed by atoms with van der Waals surface area (Å²) in [4.78, 5) is 19.3. The standard InChI is InChI=1S/C16H25N3O3S/c20-11-14(12-1-8-19(9-2-12)16(21)22)18-6-3-13(4-7-18)15-17-5-10-23-15/h5,10,12-14,20H,1-4,6-9,11H2,(H,21,22). The van der Waals surface area contributed by atoms with Gasteiger partial charge in [0, 0.05) is 36.6 Å². The van der Waals surface area contributed by atoms with Gasteiger partial charge in [-0.25, -0.2) is 9.78 Å². The van der Waals surface area contributed by atoms with Crippen LogP contribution in [-0.2, 0) is 0 Å². The van der Waals surface area contributed by atoms with Crippen LogP contribution in [0.5, 0.6) is 0 Å². The van der Waals surface area contributed by atoms with Crippen LogP contribution < -0.4 is 0 Å². The van der Waals surface area contributed by atoms with Gasteiger partial charge in [0.1, 0.15) is 0 Å². The Balaban J connectivity index is 1.53. The molecule has 23 heavy (non-hydrogen) atoms. The molecule has 0 bridgehead atoms. The zero-order chi connectivity index (χ0) is 16.2. The molecule has 2 aliphatic heterocycles. The molecule has 0 aromatic carbocycles. The Labute approximate surface area is 140 Å². The smallest absolute Gasteiger partial charge is 0.407 e. The number of carbonyl (C=O) groups is 1. The van der Waals surface area contributed by atoms with Crippen molar-refractivity contribution in [1.29, 1.82) is 0 Å². The van der Waals surface area contributed by atoms with Crippen LogP contribution in [0.15, 0.2) is 11.6 Å². The first-order chi connectivity index (χ1) is 11.2. The van der Waals surface area contributed by atoms with Gasteiger partial charge in [-0.2, -0.15) is 0 Å². The molecule has 0 saturated carbocycles. The summed E-state index contributed by atoms with van der Waals surface area (Å²) < 4.78 is 0. The van der Waals surface area contributed by atoms with Crippen molar-refractivity contribution in [3.63, 3.8) is 0 Å². The van der Waals surface area contributed by atoms with Crippen molar-refractivity contribution in [3.05, 3.63) is 16.6 Å². The molecule has 0 spiro atoms. The first-order valence-corrected chi connectivity index (χ1v) is 9.29. The molecule has 1 aromatic rings. The molecule has 2 saturated heterocycles. The maximum absolute atomic E-state index is 11.0. The number of carboxylic acid groups (broad SMARTS) is 1. The van der Waals surface area contributed by atoms with Crippen LogP contribution in [0.25, 0.3) is 0 Å². The average molecular weight is 339 g/mol. The van der Waals surface area contributed by atoms with Gasteiger partial charge < -0.3 is 15.1 Å². The molecular formula is C16H25N3O3S. The zero-order valence-corrected chi connectivity index (χ0v) is 14.1. The number of hydrogen-bond donors (Lipinski definition) is 2. The van der Waals surface area contributed by atoms with Crippen LogP contribution in [0.4, 0.5) is 4.79 Å². The van der Waals surface area contributed by atoms with Crippen molar-refractivity contribution in [2.45, 2.75) is 37.6 Å². The Bertz CT molecular complexity index is 495. The second-order valence-electron chi connectivity index (χ2n) is 6.54. The summed E-state index contributed by atoms with van der Waals surface area (Å²) in [7, 11) is 0. The molecule has 3 rings (SSSR count). The largest absolute Gasteiger partial charge is 0.465 e. The van der Waals surface area contributed by atoms with Crippen LogP contribution in [0.2, 0.25) is 0 Å². The Hall–Kier alpha value is -1.18. The molecule has 2 fully saturated rings. The van der Waals surface area contributed by atoms with Gasteiger partial charge in [-0.1, -0.05) is 0 Å². The van der Waals surface area contributed by atoms with Crippen molar-refractivity contribution in [2.24, 2.45) is 5.92 Å². The Morgan fingerprint density at radius 2 is 1.96 bits per heavy atom. The molecule has 6 nitrogen and oxygen atoms in total. The van der Waals surface area contributed by atoms with E-state index in [0.29, 0.717) is 24.9 Å². The Morgan fingerprint density at radius 1 is 1.26 bits per heavy atom. The second kappa shape index (κ2) is 7.59. The van der Waals surface area contributed by atoms with E-state index in [4.69, 9.17) is 5.11 Å². The van der Waals surface area contributed by atoms with Crippen LogP contribution in [-0.4, -0.2) is 69.9 Å². The van der Waals surface area contributed by atoms with E-state index in [1.165, 1.54) is 9.91 Å². The van der Waals surface area contributed by atoms with E-state index in [2.05, 4.69) is 9.88 Å². The molecule has 1 atom stereocenters. The number of aromatic nitrogens is 1. The average Bonchev–Trinajstić information content (AvgIpc) is 3.11. The number of likely N-dealkylation sites (tertiary alicyclic amines) is 2. The third kappa shape index (κ3) is 3.84. The van der Waals surface area contributed by atoms with Crippen LogP contribution in [0.1, 0.15) is 36.6 Å². The van der Waals surface area contributed by atoms with E-state index in [1.807, 2.05) is 11.6 Å². The van der Waals surface area contributed by atoms with Gasteiger partial charge in [-0.15, -0.1) is 11.3 Å². The summed E-state index contributed by atoms with van der Waals surface area (Å²) in [5.74, 6) is 0.950. The van der Waals surface area contributed by atoms with Crippen molar-refractivity contribution in [3.8, 4) is 0 Å². The Morgan fingerprint density at radius 3 is 2.48 bits per heavy atom. The summed E-state index contributed by atoms with van der Waals surface area (Å²) in [6.45, 7) is 3.33. The molecule has 3 heterocycles. The lowest BCUT2D eigenvalue weighted by Gasteiger charge is -2.42. The highest BCUT2D eigenvalue weighted by Gasteiger charge is 2.33. The molecule has 1 amide bonds. The van der Waals surface area contributed by atoms with Gasteiger partial charge in [-0.05, 0) is 44.7 Å². The number of aliphatic hydroxyl groups is 1. The van der Waals surface area contributed by atoms with Gasteiger partial charge in [0.05, 0.1) is 11.6 Å². The van der Waals surface area contributed by atoms with E-state index < -0.39 is 6.09 Å². The fraction of sp³-hybridized carbons (Fsp3) is 0.750.